The van der Waals surface area contributed by atoms with Crippen molar-refractivity contribution in [3.8, 4) is 17.2 Å². The normalized spacial score (nSPS) is 18.2. The fraction of sp³-hybridized carbons (Fsp3) is 0.379. The number of nitrogens with zero attached hydrogens (tertiary/aromatic N) is 5. The number of imidazole rings is 1. The largest absolute Gasteiger partial charge is 0.385 e. The molecule has 41 heavy (non-hydrogen) atoms. The summed E-state index contributed by atoms with van der Waals surface area (Å²) in [6, 6.07) is 6.40. The van der Waals surface area contributed by atoms with Gasteiger partial charge in [0.25, 0.3) is 0 Å². The van der Waals surface area contributed by atoms with Gasteiger partial charge in [-0.15, -0.1) is 0 Å². The highest BCUT2D eigenvalue weighted by molar-refractivity contribution is 7.94. The predicted molar refractivity (Wildman–Crippen MR) is 155 cm³/mol. The molecular weight excluding hydrogens is 548 g/mol. The molecule has 3 heterocycles. The van der Waals surface area contributed by atoms with Crippen LogP contribution in [-0.4, -0.2) is 49.0 Å². The van der Waals surface area contributed by atoms with Gasteiger partial charge in [-0.2, -0.15) is 5.10 Å². The van der Waals surface area contributed by atoms with Gasteiger partial charge in [0.15, 0.2) is 5.82 Å². The van der Waals surface area contributed by atoms with Crippen LogP contribution < -0.4 is 16.3 Å². The summed E-state index contributed by atoms with van der Waals surface area (Å²) in [4.78, 5) is 14.3. The first kappa shape index (κ1) is 27.4. The average molecular weight is 582 g/mol. The molecule has 2 aliphatic rings. The summed E-state index contributed by atoms with van der Waals surface area (Å²) in [7, 11) is 0.270. The molecule has 1 saturated carbocycles. The number of rotatable bonds is 6. The van der Waals surface area contributed by atoms with Gasteiger partial charge in [0, 0.05) is 56.3 Å². The molecule has 2 N–H and O–H groups in total. The molecule has 9 nitrogen and oxygen atoms in total. The number of anilines is 1. The summed E-state index contributed by atoms with van der Waals surface area (Å²) in [5, 5.41) is 11.0. The first-order valence-corrected chi connectivity index (χ1v) is 15.3. The monoisotopic (exact) mass is 581 g/mol. The van der Waals surface area contributed by atoms with Crippen molar-refractivity contribution in [3.63, 3.8) is 0 Å². The maximum absolute atomic E-state index is 16.0. The van der Waals surface area contributed by atoms with Crippen LogP contribution in [0.5, 0.6) is 0 Å². The SMILES string of the molecule is CN=S(=O)(c1ccc(-n2ccn(-c3c4c(nn3-c3cc(C)c(F)c(C)c3)CCN[C@H]4C)c2=O)c(F)c1NC)C1CC1. The van der Waals surface area contributed by atoms with Gasteiger partial charge in [-0.05, 0) is 69.0 Å². The fourth-order valence-corrected chi connectivity index (χ4v) is 8.18. The molecule has 1 aliphatic heterocycles. The molecule has 1 unspecified atom stereocenters. The molecular formula is C29H33F2N7O2S. The van der Waals surface area contributed by atoms with Gasteiger partial charge in [0.1, 0.15) is 11.6 Å². The predicted octanol–water partition coefficient (Wildman–Crippen LogP) is 4.58. The molecule has 4 aromatic rings. The molecule has 0 bridgehead atoms. The van der Waals surface area contributed by atoms with E-state index in [0.717, 1.165) is 30.6 Å². The van der Waals surface area contributed by atoms with E-state index in [1.807, 2.05) is 6.92 Å². The van der Waals surface area contributed by atoms with Crippen LogP contribution in [-0.2, 0) is 16.1 Å². The first-order chi connectivity index (χ1) is 19.6. The van der Waals surface area contributed by atoms with Crippen LogP contribution in [0.4, 0.5) is 14.5 Å². The number of nitrogens with one attached hydrogen (secondary N) is 2. The Morgan fingerprint density at radius 3 is 2.41 bits per heavy atom. The van der Waals surface area contributed by atoms with Crippen molar-refractivity contribution in [3.05, 3.63) is 81.2 Å². The second kappa shape index (κ2) is 9.95. The van der Waals surface area contributed by atoms with Crippen molar-refractivity contribution in [1.29, 1.82) is 0 Å². The minimum Gasteiger partial charge on any atom is -0.385 e. The van der Waals surface area contributed by atoms with Crippen molar-refractivity contribution in [2.45, 2.75) is 56.2 Å². The third kappa shape index (κ3) is 4.23. The van der Waals surface area contributed by atoms with Gasteiger partial charge < -0.3 is 10.6 Å². The van der Waals surface area contributed by atoms with Crippen LogP contribution in [0.15, 0.2) is 50.7 Å². The zero-order chi connectivity index (χ0) is 29.2. The molecule has 2 aromatic heterocycles. The van der Waals surface area contributed by atoms with E-state index in [0.29, 0.717) is 33.9 Å². The van der Waals surface area contributed by atoms with E-state index in [2.05, 4.69) is 15.0 Å². The Kier molecular flexibility index (Phi) is 6.65. The van der Waals surface area contributed by atoms with Crippen molar-refractivity contribution in [2.75, 3.05) is 26.0 Å². The highest BCUT2D eigenvalue weighted by Crippen LogP contribution is 2.40. The molecule has 216 valence electrons. The number of aromatic nitrogens is 4. The summed E-state index contributed by atoms with van der Waals surface area (Å²) in [6.45, 7) is 6.13. The zero-order valence-electron chi connectivity index (χ0n) is 23.7. The lowest BCUT2D eigenvalue weighted by atomic mass is 10.0. The van der Waals surface area contributed by atoms with E-state index in [1.54, 1.807) is 50.0 Å². The zero-order valence-corrected chi connectivity index (χ0v) is 24.5. The van der Waals surface area contributed by atoms with Gasteiger partial charge in [-0.1, -0.05) is 0 Å². The fourth-order valence-electron chi connectivity index (χ4n) is 5.81. The lowest BCUT2D eigenvalue weighted by Crippen LogP contribution is -2.30. The van der Waals surface area contributed by atoms with Gasteiger partial charge >= 0.3 is 5.69 Å². The number of hydrogen-bond donors (Lipinski definition) is 2. The highest BCUT2D eigenvalue weighted by atomic mass is 32.2. The molecule has 6 rings (SSSR count). The maximum atomic E-state index is 16.0. The molecule has 1 fully saturated rings. The Labute approximate surface area is 237 Å². The third-order valence-corrected chi connectivity index (χ3v) is 10.9. The van der Waals surface area contributed by atoms with E-state index in [9.17, 15) is 13.4 Å². The number of benzene rings is 2. The van der Waals surface area contributed by atoms with Gasteiger partial charge in [0.05, 0.1) is 37.4 Å². The first-order valence-electron chi connectivity index (χ1n) is 13.7. The van der Waals surface area contributed by atoms with Crippen LogP contribution >= 0.6 is 0 Å². The van der Waals surface area contributed by atoms with Gasteiger partial charge in [0.2, 0.25) is 0 Å². The molecule has 0 spiro atoms. The Bertz CT molecular complexity index is 1850. The molecule has 2 atom stereocenters. The Morgan fingerprint density at radius 2 is 1.78 bits per heavy atom. The summed E-state index contributed by atoms with van der Waals surface area (Å²) < 4.78 is 52.7. The second-order valence-corrected chi connectivity index (χ2v) is 13.3. The van der Waals surface area contributed by atoms with E-state index >= 15 is 4.39 Å². The summed E-state index contributed by atoms with van der Waals surface area (Å²) in [6.07, 6.45) is 5.32. The van der Waals surface area contributed by atoms with E-state index < -0.39 is 21.2 Å². The van der Waals surface area contributed by atoms with E-state index in [1.165, 1.54) is 28.4 Å². The summed E-state index contributed by atoms with van der Waals surface area (Å²) >= 11 is 0. The number of hydrogen-bond acceptors (Lipinski definition) is 6. The lowest BCUT2D eigenvalue weighted by Gasteiger charge is -2.21. The topological polar surface area (TPSA) is 98.2 Å². The number of halogens is 2. The maximum Gasteiger partial charge on any atom is 0.338 e. The molecule has 2 aromatic carbocycles. The van der Waals surface area contributed by atoms with Crippen LogP contribution in [0, 0.1) is 25.5 Å². The van der Waals surface area contributed by atoms with Crippen molar-refractivity contribution < 1.29 is 13.0 Å². The van der Waals surface area contributed by atoms with Crippen LogP contribution in [0.25, 0.3) is 17.2 Å². The minimum atomic E-state index is -2.79. The van der Waals surface area contributed by atoms with Crippen LogP contribution in [0.2, 0.25) is 0 Å². The molecule has 0 radical (unpaired) electrons. The summed E-state index contributed by atoms with van der Waals surface area (Å²) in [5.41, 5.74) is 2.87. The van der Waals surface area contributed by atoms with Crippen LogP contribution in [0.1, 0.15) is 48.2 Å². The van der Waals surface area contributed by atoms with E-state index in [4.69, 9.17) is 5.10 Å². The Morgan fingerprint density at radius 1 is 1.10 bits per heavy atom. The molecule has 1 aliphatic carbocycles. The molecule has 0 amide bonds. The molecule has 0 saturated heterocycles. The Balaban J connectivity index is 1.54. The third-order valence-electron chi connectivity index (χ3n) is 8.04. The smallest absolute Gasteiger partial charge is 0.338 e. The average Bonchev–Trinajstić information content (AvgIpc) is 3.65. The second-order valence-electron chi connectivity index (χ2n) is 10.7. The number of aryl methyl sites for hydroxylation is 2. The van der Waals surface area contributed by atoms with Gasteiger partial charge in [-0.3, -0.25) is 9.13 Å². The van der Waals surface area contributed by atoms with Gasteiger partial charge in [-0.25, -0.2) is 26.8 Å². The number of fused-ring (bicyclic) bond motifs is 1. The van der Waals surface area contributed by atoms with Crippen molar-refractivity contribution >= 4 is 15.4 Å². The standard InChI is InChI=1S/C29H33F2N7O2S/c1-16-14-19(15-17(2)25(16)30)38-28(24-18(3)34-11-10-21(24)35-38)37-13-12-36(29(37)39)22-8-9-23(27(32-4)26(22)31)41(40,33-5)20-6-7-20/h8-9,12-15,18,20,32,34H,6-7,10-11H2,1-5H3/t18-,41?/m0/s1. The quantitative estimate of drug-likeness (QED) is 0.348. The van der Waals surface area contributed by atoms with Crippen LogP contribution in [0.3, 0.4) is 0 Å². The van der Waals surface area contributed by atoms with Crippen molar-refractivity contribution in [1.82, 2.24) is 24.2 Å². The van der Waals surface area contributed by atoms with E-state index in [-0.39, 0.29) is 28.5 Å². The molecule has 12 heteroatoms. The highest BCUT2D eigenvalue weighted by Gasteiger charge is 2.37. The van der Waals surface area contributed by atoms with Crippen molar-refractivity contribution in [2.24, 2.45) is 4.36 Å². The Hall–Kier alpha value is -3.77. The minimum absolute atomic E-state index is 0.0232. The lowest BCUT2D eigenvalue weighted by molar-refractivity contribution is 0.536. The summed E-state index contributed by atoms with van der Waals surface area (Å²) in [5.74, 6) is -0.454.